The van der Waals surface area contributed by atoms with Gasteiger partial charge in [-0.2, -0.15) is 0 Å². The molecule has 0 spiro atoms. The van der Waals surface area contributed by atoms with Crippen molar-refractivity contribution in [1.29, 1.82) is 0 Å². The van der Waals surface area contributed by atoms with Gasteiger partial charge in [0.25, 0.3) is 0 Å². The summed E-state index contributed by atoms with van der Waals surface area (Å²) >= 11 is 0. The largest absolute Gasteiger partial charge is 0.396 e. The summed E-state index contributed by atoms with van der Waals surface area (Å²) in [4.78, 5) is 12.0. The molecule has 0 radical (unpaired) electrons. The van der Waals surface area contributed by atoms with Gasteiger partial charge in [-0.15, -0.1) is 0 Å². The van der Waals surface area contributed by atoms with E-state index in [1.54, 1.807) is 0 Å². The van der Waals surface area contributed by atoms with Crippen LogP contribution in [-0.2, 0) is 4.79 Å². The average molecular weight is 240 g/mol. The quantitative estimate of drug-likeness (QED) is 0.676. The lowest BCUT2D eigenvalue weighted by molar-refractivity contribution is -0.124. The maximum atomic E-state index is 12.0. The van der Waals surface area contributed by atoms with E-state index in [0.29, 0.717) is 12.5 Å². The average Bonchev–Trinajstić information content (AvgIpc) is 2.95. The number of hydrogen-bond acceptors (Lipinski definition) is 3. The monoisotopic (exact) mass is 240 g/mol. The predicted molar refractivity (Wildman–Crippen MR) is 66.6 cm³/mol. The van der Waals surface area contributed by atoms with E-state index in [4.69, 9.17) is 0 Å². The molecule has 4 heteroatoms. The van der Waals surface area contributed by atoms with Crippen molar-refractivity contribution in [2.24, 2.45) is 11.3 Å². The molecule has 17 heavy (non-hydrogen) atoms. The Bertz CT molecular complexity index is 275. The van der Waals surface area contributed by atoms with Crippen LogP contribution in [0.25, 0.3) is 0 Å². The summed E-state index contributed by atoms with van der Waals surface area (Å²) in [6.07, 6.45) is 5.50. The minimum absolute atomic E-state index is 0.0351. The zero-order chi connectivity index (χ0) is 12.3. The molecular weight excluding hydrogens is 216 g/mol. The number of nitrogens with one attached hydrogen (secondary N) is 2. The van der Waals surface area contributed by atoms with E-state index in [1.165, 1.54) is 12.8 Å². The van der Waals surface area contributed by atoms with Crippen LogP contribution in [0.3, 0.4) is 0 Å². The lowest BCUT2D eigenvalue weighted by Gasteiger charge is -2.27. The third-order valence-corrected chi connectivity index (χ3v) is 4.45. The van der Waals surface area contributed by atoms with E-state index in [0.717, 1.165) is 25.8 Å². The number of carbonyl (C=O) groups excluding carboxylic acids is 1. The first-order valence-corrected chi connectivity index (χ1v) is 6.79. The summed E-state index contributed by atoms with van der Waals surface area (Å²) in [5.41, 5.74) is -0.0441. The van der Waals surface area contributed by atoms with Crippen LogP contribution in [0, 0.1) is 11.3 Å². The van der Waals surface area contributed by atoms with Crippen molar-refractivity contribution in [3.63, 3.8) is 0 Å². The number of amides is 1. The maximum absolute atomic E-state index is 12.0. The molecule has 2 unspecified atom stereocenters. The van der Waals surface area contributed by atoms with Crippen LogP contribution in [-0.4, -0.2) is 36.8 Å². The SMILES string of the molecule is CC1CCNC1C(=O)NCC1(CO)CCCC1. The third-order valence-electron chi connectivity index (χ3n) is 4.45. The van der Waals surface area contributed by atoms with Crippen LogP contribution in [0.4, 0.5) is 0 Å². The lowest BCUT2D eigenvalue weighted by Crippen LogP contribution is -2.47. The number of aliphatic hydroxyl groups is 1. The molecule has 1 amide bonds. The van der Waals surface area contributed by atoms with Crippen molar-refractivity contribution in [3.05, 3.63) is 0 Å². The van der Waals surface area contributed by atoms with Gasteiger partial charge in [0.2, 0.25) is 5.91 Å². The van der Waals surface area contributed by atoms with Gasteiger partial charge in [-0.05, 0) is 31.7 Å². The summed E-state index contributed by atoms with van der Waals surface area (Å²) in [7, 11) is 0. The molecule has 98 valence electrons. The van der Waals surface area contributed by atoms with Gasteiger partial charge in [-0.1, -0.05) is 19.8 Å². The predicted octanol–water partition coefficient (Wildman–Crippen LogP) is 0.653. The molecule has 1 aliphatic carbocycles. The van der Waals surface area contributed by atoms with E-state index in [1.807, 2.05) is 0 Å². The summed E-state index contributed by atoms with van der Waals surface area (Å²) in [5.74, 6) is 0.526. The Balaban J connectivity index is 1.82. The van der Waals surface area contributed by atoms with Crippen LogP contribution in [0.1, 0.15) is 39.0 Å². The number of carbonyl (C=O) groups is 1. The first-order valence-electron chi connectivity index (χ1n) is 6.79. The zero-order valence-electron chi connectivity index (χ0n) is 10.7. The summed E-state index contributed by atoms with van der Waals surface area (Å²) < 4.78 is 0. The van der Waals surface area contributed by atoms with Gasteiger partial charge >= 0.3 is 0 Å². The number of rotatable bonds is 4. The van der Waals surface area contributed by atoms with Gasteiger partial charge < -0.3 is 15.7 Å². The van der Waals surface area contributed by atoms with Crippen LogP contribution < -0.4 is 10.6 Å². The normalized spacial score (nSPS) is 31.6. The molecule has 1 heterocycles. The highest BCUT2D eigenvalue weighted by Crippen LogP contribution is 2.36. The van der Waals surface area contributed by atoms with Crippen molar-refractivity contribution in [3.8, 4) is 0 Å². The molecule has 0 aromatic heterocycles. The standard InChI is InChI=1S/C13H24N2O2/c1-10-4-7-14-11(10)12(17)15-8-13(9-16)5-2-3-6-13/h10-11,14,16H,2-9H2,1H3,(H,15,17). The maximum Gasteiger partial charge on any atom is 0.237 e. The summed E-state index contributed by atoms with van der Waals surface area (Å²) in [6, 6.07) is -0.0351. The van der Waals surface area contributed by atoms with Gasteiger partial charge in [0.1, 0.15) is 0 Å². The second kappa shape index (κ2) is 5.36. The van der Waals surface area contributed by atoms with Crippen LogP contribution in [0.15, 0.2) is 0 Å². The van der Waals surface area contributed by atoms with Crippen molar-refractivity contribution in [2.75, 3.05) is 19.7 Å². The first-order chi connectivity index (χ1) is 8.17. The van der Waals surface area contributed by atoms with E-state index in [9.17, 15) is 9.90 Å². The van der Waals surface area contributed by atoms with Gasteiger partial charge in [0.05, 0.1) is 12.6 Å². The van der Waals surface area contributed by atoms with Crippen molar-refractivity contribution in [2.45, 2.75) is 45.1 Å². The topological polar surface area (TPSA) is 61.4 Å². The highest BCUT2D eigenvalue weighted by atomic mass is 16.3. The Kier molecular flexibility index (Phi) is 4.05. The van der Waals surface area contributed by atoms with E-state index < -0.39 is 0 Å². The van der Waals surface area contributed by atoms with Crippen LogP contribution >= 0.6 is 0 Å². The Morgan fingerprint density at radius 1 is 1.47 bits per heavy atom. The Morgan fingerprint density at radius 2 is 2.18 bits per heavy atom. The van der Waals surface area contributed by atoms with Gasteiger partial charge in [0.15, 0.2) is 0 Å². The summed E-state index contributed by atoms with van der Waals surface area (Å²) in [5, 5.41) is 15.7. The minimum atomic E-state index is -0.0441. The molecular formula is C13H24N2O2. The highest BCUT2D eigenvalue weighted by Gasteiger charge is 2.35. The lowest BCUT2D eigenvalue weighted by atomic mass is 9.87. The third kappa shape index (κ3) is 2.80. The molecule has 0 bridgehead atoms. The molecule has 0 aromatic carbocycles. The van der Waals surface area contributed by atoms with Gasteiger partial charge in [-0.3, -0.25) is 4.79 Å². The summed E-state index contributed by atoms with van der Waals surface area (Å²) in [6.45, 7) is 3.88. The molecule has 1 aliphatic heterocycles. The molecule has 2 atom stereocenters. The zero-order valence-corrected chi connectivity index (χ0v) is 10.7. The second-order valence-electron chi connectivity index (χ2n) is 5.78. The molecule has 3 N–H and O–H groups in total. The Labute approximate surface area is 103 Å². The molecule has 4 nitrogen and oxygen atoms in total. The fourth-order valence-corrected chi connectivity index (χ4v) is 3.09. The van der Waals surface area contributed by atoms with Crippen molar-refractivity contribution in [1.82, 2.24) is 10.6 Å². The molecule has 2 aliphatic rings. The fourth-order valence-electron chi connectivity index (χ4n) is 3.09. The van der Waals surface area contributed by atoms with Gasteiger partial charge in [-0.25, -0.2) is 0 Å². The molecule has 0 aromatic rings. The van der Waals surface area contributed by atoms with E-state index in [-0.39, 0.29) is 24.0 Å². The van der Waals surface area contributed by atoms with E-state index in [2.05, 4.69) is 17.6 Å². The second-order valence-corrected chi connectivity index (χ2v) is 5.78. The number of aliphatic hydroxyl groups excluding tert-OH is 1. The van der Waals surface area contributed by atoms with Crippen molar-refractivity contribution < 1.29 is 9.90 Å². The highest BCUT2D eigenvalue weighted by molar-refractivity contribution is 5.82. The fraction of sp³-hybridized carbons (Fsp3) is 0.923. The smallest absolute Gasteiger partial charge is 0.237 e. The minimum Gasteiger partial charge on any atom is -0.396 e. The molecule has 2 rings (SSSR count). The molecule has 2 fully saturated rings. The first kappa shape index (κ1) is 12.8. The number of hydrogen-bond donors (Lipinski definition) is 3. The molecule has 1 saturated heterocycles. The Hall–Kier alpha value is -0.610. The Morgan fingerprint density at radius 3 is 2.71 bits per heavy atom. The van der Waals surface area contributed by atoms with Crippen LogP contribution in [0.5, 0.6) is 0 Å². The van der Waals surface area contributed by atoms with Gasteiger partial charge in [0, 0.05) is 12.0 Å². The molecule has 1 saturated carbocycles. The van der Waals surface area contributed by atoms with Crippen LogP contribution in [0.2, 0.25) is 0 Å². The van der Waals surface area contributed by atoms with Crippen molar-refractivity contribution >= 4 is 5.91 Å². The van der Waals surface area contributed by atoms with E-state index >= 15 is 0 Å².